The number of sulfonamides is 1. The summed E-state index contributed by atoms with van der Waals surface area (Å²) in [6.07, 6.45) is 4.18. The normalized spacial score (nSPS) is 22.7. The third kappa shape index (κ3) is 3.80. The Labute approximate surface area is 134 Å². The highest BCUT2D eigenvalue weighted by Gasteiger charge is 2.34. The minimum absolute atomic E-state index is 0.0237. The van der Waals surface area contributed by atoms with Crippen molar-refractivity contribution in [2.24, 2.45) is 16.8 Å². The molecule has 1 heterocycles. The van der Waals surface area contributed by atoms with Gasteiger partial charge in [0.25, 0.3) is 0 Å². The second kappa shape index (κ2) is 6.81. The molecule has 0 aromatic rings. The molecule has 0 aromatic carbocycles. The van der Waals surface area contributed by atoms with Crippen molar-refractivity contribution in [3.05, 3.63) is 23.3 Å². The van der Waals surface area contributed by atoms with Crippen LogP contribution in [-0.2, 0) is 19.6 Å². The second-order valence-electron chi connectivity index (χ2n) is 5.72. The zero-order valence-corrected chi connectivity index (χ0v) is 13.4. The fourth-order valence-corrected chi connectivity index (χ4v) is 3.99. The zero-order chi connectivity index (χ0) is 17.2. The number of piperidine rings is 1. The Balaban J connectivity index is 2.16. The maximum absolute atomic E-state index is 11.8. The lowest BCUT2D eigenvalue weighted by atomic mass is 9.87. The maximum Gasteiger partial charge on any atom is 0.223 e. The lowest BCUT2D eigenvalue weighted by Crippen LogP contribution is -2.40. The molecule has 1 atom stereocenters. The van der Waals surface area contributed by atoms with E-state index in [4.69, 9.17) is 10.9 Å². The molecule has 1 saturated heterocycles. The number of nitrogens with two attached hydrogens (primary N) is 2. The molecule has 2 aliphatic rings. The van der Waals surface area contributed by atoms with Crippen LogP contribution >= 0.6 is 0 Å². The summed E-state index contributed by atoms with van der Waals surface area (Å²) in [5.74, 6) is -1.68. The predicted octanol–water partition coefficient (Wildman–Crippen LogP) is -2.15. The van der Waals surface area contributed by atoms with Gasteiger partial charge >= 0.3 is 0 Å². The molecule has 1 fully saturated rings. The number of carbonyl (C=O) groups is 2. The number of carboxylic acid groups (broad SMARTS) is 1. The Kier molecular flexibility index (Phi) is 5.23. The van der Waals surface area contributed by atoms with E-state index in [1.807, 2.05) is 0 Å². The van der Waals surface area contributed by atoms with Crippen LogP contribution in [0.5, 0.6) is 0 Å². The van der Waals surface area contributed by atoms with E-state index in [9.17, 15) is 23.1 Å². The summed E-state index contributed by atoms with van der Waals surface area (Å²) in [4.78, 5) is 24.9. The quantitative estimate of drug-likeness (QED) is 0.582. The predicted molar refractivity (Wildman–Crippen MR) is 81.0 cm³/mol. The Hall–Kier alpha value is -1.71. The van der Waals surface area contributed by atoms with Crippen LogP contribution in [-0.4, -0.2) is 50.1 Å². The number of primary sulfonamides is 1. The van der Waals surface area contributed by atoms with E-state index in [2.05, 4.69) is 0 Å². The highest BCUT2D eigenvalue weighted by molar-refractivity contribution is 7.90. The van der Waals surface area contributed by atoms with Gasteiger partial charge in [0.1, 0.15) is 5.25 Å². The molecule has 8 nitrogen and oxygen atoms in total. The fourth-order valence-electron chi connectivity index (χ4n) is 3.13. The van der Waals surface area contributed by atoms with E-state index in [0.29, 0.717) is 31.5 Å². The van der Waals surface area contributed by atoms with Gasteiger partial charge in [0, 0.05) is 31.6 Å². The van der Waals surface area contributed by atoms with Gasteiger partial charge in [-0.15, -0.1) is 0 Å². The van der Waals surface area contributed by atoms with Gasteiger partial charge in [0.2, 0.25) is 15.9 Å². The Morgan fingerprint density at radius 1 is 1.30 bits per heavy atom. The topological polar surface area (TPSA) is 147 Å². The van der Waals surface area contributed by atoms with Crippen LogP contribution in [0.4, 0.5) is 0 Å². The molecule has 1 aliphatic heterocycles. The molecule has 0 bridgehead atoms. The van der Waals surface area contributed by atoms with Crippen molar-refractivity contribution >= 4 is 21.9 Å². The number of hydrogen-bond donors (Lipinski definition) is 2. The average Bonchev–Trinajstić information content (AvgIpc) is 2.93. The molecule has 9 heteroatoms. The molecule has 23 heavy (non-hydrogen) atoms. The molecule has 0 spiro atoms. The second-order valence-corrected chi connectivity index (χ2v) is 7.40. The molecule has 128 valence electrons. The van der Waals surface area contributed by atoms with Gasteiger partial charge in [0.05, 0.1) is 5.97 Å². The standard InChI is InChI=1S/C14H21N3O5S/c15-6-3-12(18)17-7-4-9(5-8-17)10-1-2-11(23(16,21)22)13(10)14(19)20/h1-2,9,11H,3-8,15H2,(H,19,20)(H2,16,21,22)/p-1. The van der Waals surface area contributed by atoms with Crippen LogP contribution in [0.1, 0.15) is 19.3 Å². The van der Waals surface area contributed by atoms with E-state index >= 15 is 0 Å². The lowest BCUT2D eigenvalue weighted by molar-refractivity contribution is -0.299. The van der Waals surface area contributed by atoms with Crippen LogP contribution in [0.2, 0.25) is 0 Å². The molecule has 4 N–H and O–H groups in total. The number of likely N-dealkylation sites (tertiary alicyclic amines) is 1. The first-order valence-electron chi connectivity index (χ1n) is 7.38. The van der Waals surface area contributed by atoms with Crippen molar-refractivity contribution in [1.29, 1.82) is 0 Å². The van der Waals surface area contributed by atoms with Crippen LogP contribution in [0.15, 0.2) is 23.3 Å². The number of amides is 1. The van der Waals surface area contributed by atoms with Crippen LogP contribution < -0.4 is 16.0 Å². The van der Waals surface area contributed by atoms with Crippen LogP contribution in [0, 0.1) is 5.92 Å². The van der Waals surface area contributed by atoms with Gasteiger partial charge in [-0.2, -0.15) is 0 Å². The molecule has 0 aromatic heterocycles. The maximum atomic E-state index is 11.8. The van der Waals surface area contributed by atoms with Crippen LogP contribution in [0.25, 0.3) is 0 Å². The minimum Gasteiger partial charge on any atom is -0.545 e. The van der Waals surface area contributed by atoms with Crippen molar-refractivity contribution in [3.8, 4) is 0 Å². The van der Waals surface area contributed by atoms with Gasteiger partial charge in [-0.25, -0.2) is 13.6 Å². The van der Waals surface area contributed by atoms with Crippen molar-refractivity contribution in [2.45, 2.75) is 24.5 Å². The van der Waals surface area contributed by atoms with Crippen molar-refractivity contribution in [2.75, 3.05) is 19.6 Å². The molecule has 1 amide bonds. The first kappa shape index (κ1) is 17.6. The smallest absolute Gasteiger partial charge is 0.223 e. The Morgan fingerprint density at radius 3 is 2.39 bits per heavy atom. The first-order valence-corrected chi connectivity index (χ1v) is 8.99. The first-order chi connectivity index (χ1) is 10.8. The number of aliphatic carboxylic acids is 1. The summed E-state index contributed by atoms with van der Waals surface area (Å²) < 4.78 is 23.1. The van der Waals surface area contributed by atoms with Crippen LogP contribution in [0.3, 0.4) is 0 Å². The highest BCUT2D eigenvalue weighted by atomic mass is 32.2. The molecule has 1 unspecified atom stereocenters. The SMILES string of the molecule is NCCC(=O)N1CCC(C2=C(C(=O)[O-])C(S(N)(=O)=O)C=C2)CC1. The van der Waals surface area contributed by atoms with Gasteiger partial charge in [-0.05, 0) is 24.3 Å². The summed E-state index contributed by atoms with van der Waals surface area (Å²) >= 11 is 0. The van der Waals surface area contributed by atoms with Gasteiger partial charge in [0.15, 0.2) is 0 Å². The van der Waals surface area contributed by atoms with E-state index in [0.717, 1.165) is 0 Å². The summed E-state index contributed by atoms with van der Waals surface area (Å²) in [7, 11) is -4.04. The van der Waals surface area contributed by atoms with E-state index in [-0.39, 0.29) is 30.4 Å². The summed E-state index contributed by atoms with van der Waals surface area (Å²) in [6.45, 7) is 1.26. The molecule has 2 rings (SSSR count). The van der Waals surface area contributed by atoms with Crippen molar-refractivity contribution in [3.63, 3.8) is 0 Å². The monoisotopic (exact) mass is 342 g/mol. The number of carboxylic acids is 1. The number of carbonyl (C=O) groups excluding carboxylic acids is 2. The van der Waals surface area contributed by atoms with Gasteiger partial charge < -0.3 is 20.5 Å². The largest absolute Gasteiger partial charge is 0.545 e. The third-order valence-electron chi connectivity index (χ3n) is 4.27. The fraction of sp³-hybridized carbons (Fsp3) is 0.571. The summed E-state index contributed by atoms with van der Waals surface area (Å²) in [6, 6.07) is 0. The highest BCUT2D eigenvalue weighted by Crippen LogP contribution is 2.34. The van der Waals surface area contributed by atoms with E-state index in [1.165, 1.54) is 12.2 Å². The summed E-state index contributed by atoms with van der Waals surface area (Å²) in [5, 5.41) is 15.1. The molecule has 0 saturated carbocycles. The van der Waals surface area contributed by atoms with E-state index in [1.54, 1.807) is 4.90 Å². The minimum atomic E-state index is -4.04. The number of hydrogen-bond acceptors (Lipinski definition) is 6. The third-order valence-corrected chi connectivity index (χ3v) is 5.37. The van der Waals surface area contributed by atoms with E-state index < -0.39 is 21.2 Å². The van der Waals surface area contributed by atoms with Crippen molar-refractivity contribution in [1.82, 2.24) is 4.90 Å². The van der Waals surface area contributed by atoms with Gasteiger partial charge in [-0.3, -0.25) is 4.79 Å². The average molecular weight is 342 g/mol. The Bertz CT molecular complexity index is 660. The number of rotatable bonds is 5. The number of allylic oxidation sites excluding steroid dienone is 2. The Morgan fingerprint density at radius 2 is 1.91 bits per heavy atom. The zero-order valence-electron chi connectivity index (χ0n) is 12.6. The molecule has 1 aliphatic carbocycles. The lowest BCUT2D eigenvalue weighted by Gasteiger charge is -2.33. The molecular formula is C14H20N3O5S-. The summed E-state index contributed by atoms with van der Waals surface area (Å²) in [5.41, 5.74) is 5.53. The number of nitrogens with zero attached hydrogens (tertiary/aromatic N) is 1. The molecular weight excluding hydrogens is 322 g/mol. The molecule has 0 radical (unpaired) electrons. The van der Waals surface area contributed by atoms with Crippen molar-refractivity contribution < 1.29 is 23.1 Å². The van der Waals surface area contributed by atoms with Gasteiger partial charge in [-0.1, -0.05) is 12.2 Å².